The number of nitrogens with zero attached hydrogens (tertiary/aromatic N) is 2. The summed E-state index contributed by atoms with van der Waals surface area (Å²) < 4.78 is 10.2. The first-order chi connectivity index (χ1) is 8.08. The molecule has 6 nitrogen and oxygen atoms in total. The second kappa shape index (κ2) is 6.58. The summed E-state index contributed by atoms with van der Waals surface area (Å²) in [6.45, 7) is 2.79. The van der Waals surface area contributed by atoms with Crippen molar-refractivity contribution in [2.75, 3.05) is 38.4 Å². The molecule has 0 radical (unpaired) electrons. The minimum absolute atomic E-state index is 0.0755. The molecular weight excluding hydrogens is 244 g/mol. The van der Waals surface area contributed by atoms with Crippen LogP contribution in [0.5, 0.6) is 0 Å². The van der Waals surface area contributed by atoms with E-state index in [0.717, 1.165) is 0 Å². The molecular formula is C10H17ClN4O2. The van der Waals surface area contributed by atoms with Gasteiger partial charge in [0.1, 0.15) is 0 Å². The van der Waals surface area contributed by atoms with Gasteiger partial charge < -0.3 is 20.5 Å². The van der Waals surface area contributed by atoms with Crippen LogP contribution in [0.1, 0.15) is 5.69 Å². The molecule has 0 fully saturated rings. The maximum atomic E-state index is 5.83. The normalized spacial score (nSPS) is 12.5. The number of ether oxygens (including phenoxy) is 2. The molecule has 0 aliphatic rings. The molecule has 0 aliphatic carbocycles. The summed E-state index contributed by atoms with van der Waals surface area (Å²) in [5.41, 5.74) is 6.97. The summed E-state index contributed by atoms with van der Waals surface area (Å²) in [6.07, 6.45) is -0.0755. The lowest BCUT2D eigenvalue weighted by Gasteiger charge is -2.16. The van der Waals surface area contributed by atoms with Crippen LogP contribution < -0.4 is 11.1 Å². The van der Waals surface area contributed by atoms with Crippen molar-refractivity contribution in [3.8, 4) is 0 Å². The van der Waals surface area contributed by atoms with Crippen LogP contribution in [0.4, 0.5) is 11.5 Å². The quantitative estimate of drug-likeness (QED) is 0.745. The summed E-state index contributed by atoms with van der Waals surface area (Å²) in [4.78, 5) is 7.97. The highest BCUT2D eigenvalue weighted by molar-refractivity contribution is 6.28. The number of methoxy groups -OCH3 is 2. The van der Waals surface area contributed by atoms with Crippen LogP contribution in [-0.4, -0.2) is 43.4 Å². The first-order valence-electron chi connectivity index (χ1n) is 5.13. The second-order valence-electron chi connectivity index (χ2n) is 3.53. The lowest BCUT2D eigenvalue weighted by Crippen LogP contribution is -2.27. The Labute approximate surface area is 105 Å². The van der Waals surface area contributed by atoms with E-state index in [4.69, 9.17) is 26.8 Å². The molecule has 0 aliphatic heterocycles. The lowest BCUT2D eigenvalue weighted by atomic mass is 10.3. The van der Waals surface area contributed by atoms with Crippen LogP contribution >= 0.6 is 11.6 Å². The molecule has 17 heavy (non-hydrogen) atoms. The number of aryl methyl sites for hydroxylation is 1. The number of nitrogens with one attached hydrogen (secondary N) is 1. The van der Waals surface area contributed by atoms with Crippen molar-refractivity contribution in [3.05, 3.63) is 11.0 Å². The van der Waals surface area contributed by atoms with Crippen molar-refractivity contribution in [2.45, 2.75) is 13.0 Å². The third-order valence-corrected chi connectivity index (χ3v) is 2.46. The number of aromatic nitrogens is 2. The van der Waals surface area contributed by atoms with Gasteiger partial charge in [-0.1, -0.05) is 0 Å². The molecule has 0 saturated heterocycles. The third kappa shape index (κ3) is 3.99. The fraction of sp³-hybridized carbons (Fsp3) is 0.600. The zero-order valence-electron chi connectivity index (χ0n) is 10.2. The molecule has 1 atom stereocenters. The highest BCUT2D eigenvalue weighted by Gasteiger charge is 2.11. The smallest absolute Gasteiger partial charge is 0.224 e. The Hall–Kier alpha value is -1.11. The molecule has 7 heteroatoms. The van der Waals surface area contributed by atoms with E-state index >= 15 is 0 Å². The van der Waals surface area contributed by atoms with Crippen LogP contribution in [0, 0.1) is 6.92 Å². The van der Waals surface area contributed by atoms with Crippen molar-refractivity contribution in [1.82, 2.24) is 9.97 Å². The maximum Gasteiger partial charge on any atom is 0.224 e. The van der Waals surface area contributed by atoms with Gasteiger partial charge in [0.2, 0.25) is 5.28 Å². The van der Waals surface area contributed by atoms with Crippen LogP contribution in [0.2, 0.25) is 5.28 Å². The highest BCUT2D eigenvalue weighted by atomic mass is 35.5. The topological polar surface area (TPSA) is 82.3 Å². The Balaban J connectivity index is 2.68. The molecule has 96 valence electrons. The molecule has 0 spiro atoms. The van der Waals surface area contributed by atoms with Crippen molar-refractivity contribution in [2.24, 2.45) is 0 Å². The highest BCUT2D eigenvalue weighted by Crippen LogP contribution is 2.20. The Morgan fingerprint density at radius 1 is 1.41 bits per heavy atom. The second-order valence-corrected chi connectivity index (χ2v) is 3.87. The number of hydrogen-bond donors (Lipinski definition) is 2. The number of halogens is 1. The lowest BCUT2D eigenvalue weighted by molar-refractivity contribution is 0.0365. The SMILES string of the molecule is COCC(CNc1nc(Cl)nc(C)c1N)OC. The summed E-state index contributed by atoms with van der Waals surface area (Å²) in [5, 5.41) is 3.23. The van der Waals surface area contributed by atoms with E-state index in [0.29, 0.717) is 30.4 Å². The van der Waals surface area contributed by atoms with Crippen LogP contribution in [0.15, 0.2) is 0 Å². The van der Waals surface area contributed by atoms with Gasteiger partial charge in [-0.3, -0.25) is 0 Å². The fourth-order valence-electron chi connectivity index (χ4n) is 1.29. The van der Waals surface area contributed by atoms with E-state index in [9.17, 15) is 0 Å². The largest absolute Gasteiger partial charge is 0.394 e. The average Bonchev–Trinajstić information content (AvgIpc) is 2.30. The first-order valence-corrected chi connectivity index (χ1v) is 5.51. The van der Waals surface area contributed by atoms with Gasteiger partial charge in [-0.2, -0.15) is 4.98 Å². The molecule has 0 aromatic carbocycles. The summed E-state index contributed by atoms with van der Waals surface area (Å²) >= 11 is 5.76. The van der Waals surface area contributed by atoms with E-state index in [1.165, 1.54) is 0 Å². The van der Waals surface area contributed by atoms with Crippen molar-refractivity contribution in [3.63, 3.8) is 0 Å². The molecule has 1 unspecified atom stereocenters. The molecule has 0 saturated carbocycles. The third-order valence-electron chi connectivity index (χ3n) is 2.29. The van der Waals surface area contributed by atoms with E-state index in [2.05, 4.69) is 15.3 Å². The van der Waals surface area contributed by atoms with Gasteiger partial charge in [-0.15, -0.1) is 0 Å². The molecule has 0 amide bonds. The van der Waals surface area contributed by atoms with Crippen LogP contribution in [-0.2, 0) is 9.47 Å². The monoisotopic (exact) mass is 260 g/mol. The van der Waals surface area contributed by atoms with Gasteiger partial charge in [-0.05, 0) is 18.5 Å². The maximum absolute atomic E-state index is 5.83. The van der Waals surface area contributed by atoms with Gasteiger partial charge in [0.15, 0.2) is 5.82 Å². The average molecular weight is 261 g/mol. The Morgan fingerprint density at radius 3 is 2.71 bits per heavy atom. The van der Waals surface area contributed by atoms with Crippen LogP contribution in [0.3, 0.4) is 0 Å². The fourth-order valence-corrected chi connectivity index (χ4v) is 1.50. The van der Waals surface area contributed by atoms with Crippen molar-refractivity contribution in [1.29, 1.82) is 0 Å². The van der Waals surface area contributed by atoms with E-state index in [1.54, 1.807) is 21.1 Å². The molecule has 3 N–H and O–H groups in total. The summed E-state index contributed by atoms with van der Waals surface area (Å²) in [7, 11) is 3.24. The van der Waals surface area contributed by atoms with Gasteiger partial charge in [0.05, 0.1) is 24.1 Å². The molecule has 1 rings (SSSR count). The number of anilines is 2. The number of rotatable bonds is 6. The summed E-state index contributed by atoms with van der Waals surface area (Å²) in [6, 6.07) is 0. The summed E-state index contributed by atoms with van der Waals surface area (Å²) in [5.74, 6) is 0.514. The van der Waals surface area contributed by atoms with E-state index < -0.39 is 0 Å². The van der Waals surface area contributed by atoms with Crippen molar-refractivity contribution >= 4 is 23.1 Å². The number of nitrogens with two attached hydrogens (primary N) is 1. The molecule has 1 heterocycles. The van der Waals surface area contributed by atoms with Crippen molar-refractivity contribution < 1.29 is 9.47 Å². The van der Waals surface area contributed by atoms with Gasteiger partial charge in [0.25, 0.3) is 0 Å². The van der Waals surface area contributed by atoms with Crippen LogP contribution in [0.25, 0.3) is 0 Å². The number of hydrogen-bond acceptors (Lipinski definition) is 6. The minimum Gasteiger partial charge on any atom is -0.394 e. The standard InChI is InChI=1S/C10H17ClN4O2/c1-6-8(12)9(15-10(11)14-6)13-4-7(17-3)5-16-2/h7H,4-5,12H2,1-3H3,(H,13,14,15). The van der Waals surface area contributed by atoms with E-state index in [1.807, 2.05) is 0 Å². The minimum atomic E-state index is -0.0755. The predicted molar refractivity (Wildman–Crippen MR) is 67.4 cm³/mol. The Morgan fingerprint density at radius 2 is 2.12 bits per heavy atom. The van der Waals surface area contributed by atoms with Gasteiger partial charge in [0, 0.05) is 20.8 Å². The zero-order valence-corrected chi connectivity index (χ0v) is 10.9. The molecule has 1 aromatic heterocycles. The Kier molecular flexibility index (Phi) is 5.40. The first kappa shape index (κ1) is 14.0. The molecule has 0 bridgehead atoms. The molecule has 1 aromatic rings. The predicted octanol–water partition coefficient (Wildman–Crippen LogP) is 1.09. The zero-order chi connectivity index (χ0) is 12.8. The number of nitrogen functional groups attached to an aromatic ring is 1. The van der Waals surface area contributed by atoms with E-state index in [-0.39, 0.29) is 11.4 Å². The van der Waals surface area contributed by atoms with Gasteiger partial charge in [-0.25, -0.2) is 4.98 Å². The Bertz CT molecular complexity index is 376. The van der Waals surface area contributed by atoms with Gasteiger partial charge >= 0.3 is 0 Å².